The predicted octanol–water partition coefficient (Wildman–Crippen LogP) is 2.10. The number of nitrogens with zero attached hydrogens (tertiary/aromatic N) is 1. The first-order valence-electron chi connectivity index (χ1n) is 6.79. The van der Waals surface area contributed by atoms with Gasteiger partial charge in [0.15, 0.2) is 0 Å². The van der Waals surface area contributed by atoms with Gasteiger partial charge in [-0.1, -0.05) is 38.1 Å². The fraction of sp³-hybridized carbons (Fsp3) is 0.571. The topological polar surface area (TPSA) is 63.4 Å². The molecule has 0 aromatic heterocycles. The second kappa shape index (κ2) is 7.62. The van der Waals surface area contributed by atoms with Crippen LogP contribution in [-0.4, -0.2) is 25.8 Å². The molecule has 0 amide bonds. The minimum Gasteiger partial charge on any atom is -0.326 e. The Labute approximate surface area is 116 Å². The van der Waals surface area contributed by atoms with Gasteiger partial charge in [-0.15, -0.1) is 0 Å². The summed E-state index contributed by atoms with van der Waals surface area (Å²) >= 11 is 0. The summed E-state index contributed by atoms with van der Waals surface area (Å²) in [5.41, 5.74) is 7.36. The highest BCUT2D eigenvalue weighted by Crippen LogP contribution is 2.15. The van der Waals surface area contributed by atoms with E-state index in [4.69, 9.17) is 5.73 Å². The van der Waals surface area contributed by atoms with Crippen LogP contribution in [0.25, 0.3) is 0 Å². The first-order valence-corrected chi connectivity index (χ1v) is 8.40. The minimum absolute atomic E-state index is 0.0420. The van der Waals surface area contributed by atoms with E-state index < -0.39 is 10.0 Å². The largest absolute Gasteiger partial charge is 0.326 e. The average molecular weight is 284 g/mol. The molecular formula is C14H24N2O2S. The fourth-order valence-electron chi connectivity index (χ4n) is 2.07. The van der Waals surface area contributed by atoms with E-state index in [1.807, 2.05) is 38.1 Å². The monoisotopic (exact) mass is 284 g/mol. The Bertz CT molecular complexity index is 480. The summed E-state index contributed by atoms with van der Waals surface area (Å²) in [6.45, 7) is 5.52. The van der Waals surface area contributed by atoms with E-state index >= 15 is 0 Å². The lowest BCUT2D eigenvalue weighted by Crippen LogP contribution is -2.33. The number of benzene rings is 1. The predicted molar refractivity (Wildman–Crippen MR) is 79.1 cm³/mol. The normalized spacial score (nSPS) is 12.0. The van der Waals surface area contributed by atoms with Crippen molar-refractivity contribution in [3.8, 4) is 0 Å². The fourth-order valence-corrected chi connectivity index (χ4v) is 3.85. The molecule has 1 rings (SSSR count). The lowest BCUT2D eigenvalue weighted by molar-refractivity contribution is 0.409. The van der Waals surface area contributed by atoms with E-state index in [2.05, 4.69) is 0 Å². The second-order valence-corrected chi connectivity index (χ2v) is 6.60. The van der Waals surface area contributed by atoms with Crippen LogP contribution in [0.2, 0.25) is 0 Å². The number of sulfonamides is 1. The second-order valence-electron chi connectivity index (χ2n) is 4.63. The Balaban J connectivity index is 2.93. The van der Waals surface area contributed by atoms with Gasteiger partial charge in [-0.25, -0.2) is 12.7 Å². The molecule has 0 aliphatic rings. The standard InChI is InChI=1S/C14H24N2O2S/c1-3-9-16(10-4-2)19(17,18)12-14-8-6-5-7-13(14)11-15/h5-8H,3-4,9-12,15H2,1-2H3. The highest BCUT2D eigenvalue weighted by Gasteiger charge is 2.21. The van der Waals surface area contributed by atoms with Crippen LogP contribution in [0.4, 0.5) is 0 Å². The van der Waals surface area contributed by atoms with Crippen molar-refractivity contribution < 1.29 is 8.42 Å². The third-order valence-corrected chi connectivity index (χ3v) is 4.84. The van der Waals surface area contributed by atoms with Crippen LogP contribution in [0.3, 0.4) is 0 Å². The van der Waals surface area contributed by atoms with E-state index in [0.29, 0.717) is 19.6 Å². The Kier molecular flexibility index (Phi) is 6.48. The summed E-state index contributed by atoms with van der Waals surface area (Å²) < 4.78 is 26.5. The van der Waals surface area contributed by atoms with E-state index in [0.717, 1.165) is 24.0 Å². The summed E-state index contributed by atoms with van der Waals surface area (Å²) in [7, 11) is -3.25. The molecule has 0 spiro atoms. The summed E-state index contributed by atoms with van der Waals surface area (Å²) in [6, 6.07) is 7.47. The summed E-state index contributed by atoms with van der Waals surface area (Å²) in [5, 5.41) is 0. The van der Waals surface area contributed by atoms with Crippen molar-refractivity contribution in [1.29, 1.82) is 0 Å². The van der Waals surface area contributed by atoms with Gasteiger partial charge < -0.3 is 5.73 Å². The minimum atomic E-state index is -3.25. The SMILES string of the molecule is CCCN(CCC)S(=O)(=O)Cc1ccccc1CN. The molecule has 0 saturated heterocycles. The van der Waals surface area contributed by atoms with Gasteiger partial charge in [-0.3, -0.25) is 0 Å². The van der Waals surface area contributed by atoms with Gasteiger partial charge in [0.25, 0.3) is 0 Å². The number of rotatable bonds is 8. The Morgan fingerprint density at radius 3 is 2.05 bits per heavy atom. The molecule has 108 valence electrons. The van der Waals surface area contributed by atoms with Crippen LogP contribution in [-0.2, 0) is 22.3 Å². The first kappa shape index (κ1) is 16.1. The lowest BCUT2D eigenvalue weighted by Gasteiger charge is -2.21. The maximum Gasteiger partial charge on any atom is 0.218 e. The molecule has 0 heterocycles. The van der Waals surface area contributed by atoms with Crippen LogP contribution >= 0.6 is 0 Å². The van der Waals surface area contributed by atoms with Crippen LogP contribution in [0.1, 0.15) is 37.8 Å². The van der Waals surface area contributed by atoms with Gasteiger partial charge >= 0.3 is 0 Å². The molecule has 1 aromatic carbocycles. The molecule has 0 bridgehead atoms. The molecule has 5 heteroatoms. The third-order valence-electron chi connectivity index (χ3n) is 3.02. The van der Waals surface area contributed by atoms with Gasteiger partial charge in [-0.05, 0) is 24.0 Å². The van der Waals surface area contributed by atoms with Gasteiger partial charge in [0.1, 0.15) is 0 Å². The molecule has 2 N–H and O–H groups in total. The summed E-state index contributed by atoms with van der Waals surface area (Å²) in [6.07, 6.45) is 1.66. The first-order chi connectivity index (χ1) is 9.05. The zero-order valence-corrected chi connectivity index (χ0v) is 12.6. The molecule has 4 nitrogen and oxygen atoms in total. The molecule has 0 radical (unpaired) electrons. The highest BCUT2D eigenvalue weighted by atomic mass is 32.2. The lowest BCUT2D eigenvalue weighted by atomic mass is 10.1. The highest BCUT2D eigenvalue weighted by molar-refractivity contribution is 7.88. The third kappa shape index (κ3) is 4.60. The van der Waals surface area contributed by atoms with E-state index in [9.17, 15) is 8.42 Å². The van der Waals surface area contributed by atoms with Gasteiger partial charge in [0, 0.05) is 19.6 Å². The Morgan fingerprint density at radius 1 is 1.05 bits per heavy atom. The maximum atomic E-state index is 12.4. The number of hydrogen-bond acceptors (Lipinski definition) is 3. The van der Waals surface area contributed by atoms with Crippen molar-refractivity contribution in [3.63, 3.8) is 0 Å². The van der Waals surface area contributed by atoms with Crippen molar-refractivity contribution in [2.24, 2.45) is 5.73 Å². The molecule has 0 atom stereocenters. The molecule has 1 aromatic rings. The van der Waals surface area contributed by atoms with E-state index in [1.165, 1.54) is 0 Å². The van der Waals surface area contributed by atoms with Gasteiger partial charge in [0.2, 0.25) is 10.0 Å². The zero-order valence-electron chi connectivity index (χ0n) is 11.8. The van der Waals surface area contributed by atoms with Crippen molar-refractivity contribution in [2.45, 2.75) is 39.0 Å². The molecule has 19 heavy (non-hydrogen) atoms. The van der Waals surface area contributed by atoms with E-state index in [1.54, 1.807) is 4.31 Å². The van der Waals surface area contributed by atoms with Crippen molar-refractivity contribution in [1.82, 2.24) is 4.31 Å². The van der Waals surface area contributed by atoms with Crippen molar-refractivity contribution >= 4 is 10.0 Å². The summed E-state index contributed by atoms with van der Waals surface area (Å²) in [4.78, 5) is 0. The molecule has 0 aliphatic carbocycles. The van der Waals surface area contributed by atoms with Crippen LogP contribution in [0.15, 0.2) is 24.3 Å². The molecule has 0 unspecified atom stereocenters. The number of nitrogens with two attached hydrogens (primary N) is 1. The molecule has 0 aliphatic heterocycles. The van der Waals surface area contributed by atoms with Gasteiger partial charge in [0.05, 0.1) is 5.75 Å². The molecular weight excluding hydrogens is 260 g/mol. The average Bonchev–Trinajstić information content (AvgIpc) is 2.38. The van der Waals surface area contributed by atoms with Crippen LogP contribution < -0.4 is 5.73 Å². The Hall–Kier alpha value is -0.910. The molecule has 0 saturated carbocycles. The summed E-state index contributed by atoms with van der Waals surface area (Å²) in [5.74, 6) is 0.0420. The van der Waals surface area contributed by atoms with Gasteiger partial charge in [-0.2, -0.15) is 0 Å². The van der Waals surface area contributed by atoms with E-state index in [-0.39, 0.29) is 5.75 Å². The van der Waals surface area contributed by atoms with Crippen molar-refractivity contribution in [2.75, 3.05) is 13.1 Å². The van der Waals surface area contributed by atoms with Crippen LogP contribution in [0.5, 0.6) is 0 Å². The maximum absolute atomic E-state index is 12.4. The van der Waals surface area contributed by atoms with Crippen molar-refractivity contribution in [3.05, 3.63) is 35.4 Å². The quantitative estimate of drug-likeness (QED) is 0.795. The molecule has 0 fully saturated rings. The smallest absolute Gasteiger partial charge is 0.218 e. The zero-order chi connectivity index (χ0) is 14.3. The van der Waals surface area contributed by atoms with Crippen LogP contribution in [0, 0.1) is 0 Å². The number of hydrogen-bond donors (Lipinski definition) is 1. The Morgan fingerprint density at radius 2 is 1.58 bits per heavy atom.